The number of benzene rings is 1. The second kappa shape index (κ2) is 5.46. The van der Waals surface area contributed by atoms with Crippen LogP contribution in [0.4, 0.5) is 5.69 Å². The van der Waals surface area contributed by atoms with Gasteiger partial charge in [0.05, 0.1) is 11.7 Å². The van der Waals surface area contributed by atoms with Gasteiger partial charge in [-0.05, 0) is 37.3 Å². The Morgan fingerprint density at radius 2 is 1.95 bits per heavy atom. The number of aryl methyl sites for hydroxylation is 1. The molecule has 1 N–H and O–H groups in total. The average Bonchev–Trinajstić information content (AvgIpc) is 3.10. The van der Waals surface area contributed by atoms with Gasteiger partial charge in [0, 0.05) is 36.1 Å². The summed E-state index contributed by atoms with van der Waals surface area (Å²) in [6.45, 7) is 2.13. The van der Waals surface area contributed by atoms with Crippen molar-refractivity contribution in [2.45, 2.75) is 13.0 Å². The summed E-state index contributed by atoms with van der Waals surface area (Å²) in [6, 6.07) is 10.6. The summed E-state index contributed by atoms with van der Waals surface area (Å²) in [5.41, 5.74) is 3.41. The number of hydrogen-bond donors (Lipinski definition) is 1. The molecule has 2 aromatic heterocycles. The Morgan fingerprint density at radius 3 is 2.55 bits per heavy atom. The van der Waals surface area contributed by atoms with Gasteiger partial charge < -0.3 is 5.32 Å². The number of nitrogens with zero attached hydrogens (tertiary/aromatic N) is 3. The molecule has 20 heavy (non-hydrogen) atoms. The molecule has 5 heteroatoms. The molecule has 1 atom stereocenters. The molecule has 102 valence electrons. The van der Waals surface area contributed by atoms with Crippen LogP contribution in [0.2, 0.25) is 0 Å². The zero-order valence-corrected chi connectivity index (χ0v) is 12.3. The molecule has 1 aromatic carbocycles. The molecule has 0 radical (unpaired) electrons. The Morgan fingerprint density at radius 1 is 1.15 bits per heavy atom. The highest BCUT2D eigenvalue weighted by atomic mass is 32.1. The van der Waals surface area contributed by atoms with Crippen LogP contribution in [0.15, 0.2) is 48.1 Å². The lowest BCUT2D eigenvalue weighted by Gasteiger charge is -2.15. The standard InChI is InChI=1S/C15H16N4S/c1-11(14-7-8-17-19(14)2)18-13-5-3-12(4-6-13)15-16-9-10-20-15/h3-11,18H,1-2H3. The van der Waals surface area contributed by atoms with Crippen LogP contribution in [0.3, 0.4) is 0 Å². The van der Waals surface area contributed by atoms with Crippen molar-refractivity contribution in [2.24, 2.45) is 7.05 Å². The maximum absolute atomic E-state index is 4.32. The maximum atomic E-state index is 4.32. The molecule has 2 heterocycles. The molecule has 0 bridgehead atoms. The van der Waals surface area contributed by atoms with Crippen LogP contribution in [-0.2, 0) is 7.05 Å². The van der Waals surface area contributed by atoms with Crippen LogP contribution in [0.5, 0.6) is 0 Å². The molecule has 0 fully saturated rings. The van der Waals surface area contributed by atoms with E-state index in [1.807, 2.05) is 35.6 Å². The van der Waals surface area contributed by atoms with Crippen molar-refractivity contribution in [1.29, 1.82) is 0 Å². The third-order valence-corrected chi connectivity index (χ3v) is 4.07. The summed E-state index contributed by atoms with van der Waals surface area (Å²) in [6.07, 6.45) is 3.65. The lowest BCUT2D eigenvalue weighted by molar-refractivity contribution is 0.676. The quantitative estimate of drug-likeness (QED) is 0.794. The molecule has 0 aliphatic rings. The van der Waals surface area contributed by atoms with Crippen molar-refractivity contribution in [2.75, 3.05) is 5.32 Å². The third-order valence-electron chi connectivity index (χ3n) is 3.25. The SMILES string of the molecule is CC(Nc1ccc(-c2nccs2)cc1)c1ccnn1C. The van der Waals surface area contributed by atoms with Crippen molar-refractivity contribution in [3.63, 3.8) is 0 Å². The summed E-state index contributed by atoms with van der Waals surface area (Å²) < 4.78 is 1.89. The van der Waals surface area contributed by atoms with Crippen molar-refractivity contribution in [1.82, 2.24) is 14.8 Å². The first-order valence-corrected chi connectivity index (χ1v) is 7.36. The van der Waals surface area contributed by atoms with Crippen molar-refractivity contribution < 1.29 is 0 Å². The van der Waals surface area contributed by atoms with E-state index >= 15 is 0 Å². The first-order chi connectivity index (χ1) is 9.74. The molecule has 0 saturated carbocycles. The second-order valence-corrected chi connectivity index (χ2v) is 5.55. The van der Waals surface area contributed by atoms with Crippen LogP contribution in [0.1, 0.15) is 18.7 Å². The van der Waals surface area contributed by atoms with Crippen LogP contribution in [0.25, 0.3) is 10.6 Å². The van der Waals surface area contributed by atoms with Crippen molar-refractivity contribution in [3.8, 4) is 10.6 Å². The average molecular weight is 284 g/mol. The molecule has 3 aromatic rings. The first-order valence-electron chi connectivity index (χ1n) is 6.48. The lowest BCUT2D eigenvalue weighted by Crippen LogP contribution is -2.11. The van der Waals surface area contributed by atoms with Gasteiger partial charge in [0.25, 0.3) is 0 Å². The summed E-state index contributed by atoms with van der Waals surface area (Å²) in [7, 11) is 1.96. The number of aromatic nitrogens is 3. The molecule has 0 aliphatic carbocycles. The topological polar surface area (TPSA) is 42.7 Å². The Bertz CT molecular complexity index is 670. The van der Waals surface area contributed by atoms with Gasteiger partial charge in [-0.1, -0.05) is 0 Å². The summed E-state index contributed by atoms with van der Waals surface area (Å²) in [5.74, 6) is 0. The Balaban J connectivity index is 1.74. The second-order valence-electron chi connectivity index (χ2n) is 4.66. The van der Waals surface area contributed by atoms with E-state index in [9.17, 15) is 0 Å². The van der Waals surface area contributed by atoms with Gasteiger partial charge in [-0.2, -0.15) is 5.10 Å². The maximum Gasteiger partial charge on any atom is 0.123 e. The number of hydrogen-bond acceptors (Lipinski definition) is 4. The number of nitrogens with one attached hydrogen (secondary N) is 1. The Labute approximate surface area is 122 Å². The predicted molar refractivity (Wildman–Crippen MR) is 82.8 cm³/mol. The molecule has 0 aliphatic heterocycles. The molecule has 4 nitrogen and oxygen atoms in total. The van der Waals surface area contributed by atoms with E-state index in [1.165, 1.54) is 0 Å². The lowest BCUT2D eigenvalue weighted by atomic mass is 10.2. The monoisotopic (exact) mass is 284 g/mol. The predicted octanol–water partition coefficient (Wildman–Crippen LogP) is 3.72. The van der Waals surface area contributed by atoms with Crippen molar-refractivity contribution >= 4 is 17.0 Å². The van der Waals surface area contributed by atoms with E-state index in [2.05, 4.69) is 46.6 Å². The van der Waals surface area contributed by atoms with Gasteiger partial charge in [-0.3, -0.25) is 4.68 Å². The molecule has 0 saturated heterocycles. The molecular formula is C15H16N4S. The molecular weight excluding hydrogens is 268 g/mol. The highest BCUT2D eigenvalue weighted by Gasteiger charge is 2.09. The minimum Gasteiger partial charge on any atom is -0.377 e. The number of thiazole rings is 1. The van der Waals surface area contributed by atoms with Gasteiger partial charge in [-0.25, -0.2) is 4.98 Å². The Hall–Kier alpha value is -2.14. The van der Waals surface area contributed by atoms with Gasteiger partial charge in [-0.15, -0.1) is 11.3 Å². The molecule has 0 amide bonds. The van der Waals surface area contributed by atoms with E-state index in [0.717, 1.165) is 22.0 Å². The van der Waals surface area contributed by atoms with E-state index < -0.39 is 0 Å². The van der Waals surface area contributed by atoms with Crippen molar-refractivity contribution in [3.05, 3.63) is 53.8 Å². The highest BCUT2D eigenvalue weighted by Crippen LogP contribution is 2.25. The highest BCUT2D eigenvalue weighted by molar-refractivity contribution is 7.13. The van der Waals surface area contributed by atoms with E-state index in [-0.39, 0.29) is 6.04 Å². The molecule has 1 unspecified atom stereocenters. The fourth-order valence-corrected chi connectivity index (χ4v) is 2.85. The zero-order valence-electron chi connectivity index (χ0n) is 11.4. The van der Waals surface area contributed by atoms with Gasteiger partial charge in [0.2, 0.25) is 0 Å². The van der Waals surface area contributed by atoms with E-state index in [4.69, 9.17) is 0 Å². The smallest absolute Gasteiger partial charge is 0.123 e. The summed E-state index contributed by atoms with van der Waals surface area (Å²) in [4.78, 5) is 4.32. The van der Waals surface area contributed by atoms with E-state index in [0.29, 0.717) is 0 Å². The van der Waals surface area contributed by atoms with Crippen LogP contribution in [0, 0.1) is 0 Å². The minimum absolute atomic E-state index is 0.216. The summed E-state index contributed by atoms with van der Waals surface area (Å²) in [5, 5.41) is 10.7. The Kier molecular flexibility index (Phi) is 3.52. The van der Waals surface area contributed by atoms with Gasteiger partial charge >= 0.3 is 0 Å². The summed E-state index contributed by atoms with van der Waals surface area (Å²) >= 11 is 1.65. The van der Waals surface area contributed by atoms with Crippen LogP contribution in [-0.4, -0.2) is 14.8 Å². The minimum atomic E-state index is 0.216. The first kappa shape index (κ1) is 12.9. The fourth-order valence-electron chi connectivity index (χ4n) is 2.21. The third kappa shape index (κ3) is 2.58. The normalized spacial score (nSPS) is 12.3. The van der Waals surface area contributed by atoms with Crippen LogP contribution < -0.4 is 5.32 Å². The number of rotatable bonds is 4. The van der Waals surface area contributed by atoms with E-state index in [1.54, 1.807) is 11.3 Å². The molecule has 0 spiro atoms. The van der Waals surface area contributed by atoms with Gasteiger partial charge in [0.15, 0.2) is 0 Å². The number of anilines is 1. The largest absolute Gasteiger partial charge is 0.377 e. The molecule has 3 rings (SSSR count). The fraction of sp³-hybridized carbons (Fsp3) is 0.200. The van der Waals surface area contributed by atoms with Gasteiger partial charge in [0.1, 0.15) is 5.01 Å². The van der Waals surface area contributed by atoms with Crippen LogP contribution >= 0.6 is 11.3 Å². The zero-order chi connectivity index (χ0) is 13.9.